The Labute approximate surface area is 139 Å². The first-order chi connectivity index (χ1) is 11.1. The van der Waals surface area contributed by atoms with Crippen molar-refractivity contribution in [1.29, 1.82) is 0 Å². The zero-order valence-electron chi connectivity index (χ0n) is 14.4. The molecule has 2 aliphatic heterocycles. The van der Waals surface area contributed by atoms with Gasteiger partial charge in [-0.05, 0) is 57.5 Å². The van der Waals surface area contributed by atoms with Gasteiger partial charge < -0.3 is 15.5 Å². The monoisotopic (exact) mass is 321 g/mol. The molecular weight excluding hydrogens is 290 g/mol. The first kappa shape index (κ1) is 16.7. The van der Waals surface area contributed by atoms with Gasteiger partial charge in [-0.25, -0.2) is 0 Å². The second-order valence-corrected chi connectivity index (χ2v) is 7.73. The van der Waals surface area contributed by atoms with Crippen LogP contribution in [0.15, 0.2) is 0 Å². The van der Waals surface area contributed by atoms with Crippen LogP contribution in [0.1, 0.15) is 51.9 Å². The van der Waals surface area contributed by atoms with Gasteiger partial charge in [0.2, 0.25) is 11.8 Å². The zero-order chi connectivity index (χ0) is 16.2. The fourth-order valence-corrected chi connectivity index (χ4v) is 4.46. The maximum Gasteiger partial charge on any atom is 0.224 e. The standard InChI is InChI=1S/C18H31N3O2/c1-13(20-18(23)14-4-2-3-5-14)10-17(22)21-8-6-15-11-19-12-16(15)7-9-21/h13-16,19H,2-12H2,1H3,(H,20,23)/t13?,15-,16+. The highest BCUT2D eigenvalue weighted by molar-refractivity contribution is 5.81. The normalized spacial score (nSPS) is 29.9. The van der Waals surface area contributed by atoms with E-state index in [2.05, 4.69) is 10.6 Å². The number of likely N-dealkylation sites (tertiary alicyclic amines) is 1. The van der Waals surface area contributed by atoms with Gasteiger partial charge in [0.1, 0.15) is 0 Å². The van der Waals surface area contributed by atoms with Crippen molar-refractivity contribution in [3.63, 3.8) is 0 Å². The quantitative estimate of drug-likeness (QED) is 0.825. The second kappa shape index (κ2) is 7.65. The van der Waals surface area contributed by atoms with E-state index < -0.39 is 0 Å². The summed E-state index contributed by atoms with van der Waals surface area (Å²) >= 11 is 0. The van der Waals surface area contributed by atoms with E-state index >= 15 is 0 Å². The molecule has 2 heterocycles. The first-order valence-electron chi connectivity index (χ1n) is 9.42. The molecule has 5 nitrogen and oxygen atoms in total. The van der Waals surface area contributed by atoms with Crippen molar-refractivity contribution >= 4 is 11.8 Å². The highest BCUT2D eigenvalue weighted by Crippen LogP contribution is 2.27. The maximum atomic E-state index is 12.5. The molecule has 0 radical (unpaired) electrons. The number of nitrogens with one attached hydrogen (secondary N) is 2. The van der Waals surface area contributed by atoms with Gasteiger partial charge in [0.15, 0.2) is 0 Å². The van der Waals surface area contributed by atoms with Crippen molar-refractivity contribution in [2.24, 2.45) is 17.8 Å². The van der Waals surface area contributed by atoms with Crippen molar-refractivity contribution in [2.45, 2.75) is 57.9 Å². The van der Waals surface area contributed by atoms with E-state index in [4.69, 9.17) is 0 Å². The Morgan fingerprint density at radius 3 is 2.30 bits per heavy atom. The molecule has 3 fully saturated rings. The van der Waals surface area contributed by atoms with Crippen molar-refractivity contribution in [2.75, 3.05) is 26.2 Å². The van der Waals surface area contributed by atoms with E-state index in [9.17, 15) is 9.59 Å². The van der Waals surface area contributed by atoms with Crippen molar-refractivity contribution in [1.82, 2.24) is 15.5 Å². The van der Waals surface area contributed by atoms with Gasteiger partial charge in [0.05, 0.1) is 0 Å². The molecule has 0 aromatic carbocycles. The molecular formula is C18H31N3O2. The molecule has 5 heteroatoms. The van der Waals surface area contributed by atoms with Crippen LogP contribution in [0.2, 0.25) is 0 Å². The maximum absolute atomic E-state index is 12.5. The Bertz CT molecular complexity index is 420. The predicted octanol–water partition coefficient (Wildman–Crippen LogP) is 1.53. The van der Waals surface area contributed by atoms with Crippen LogP contribution in [0.25, 0.3) is 0 Å². The molecule has 0 aromatic rings. The largest absolute Gasteiger partial charge is 0.353 e. The molecule has 2 N–H and O–H groups in total. The Kier molecular flexibility index (Phi) is 5.57. The molecule has 2 saturated heterocycles. The third kappa shape index (κ3) is 4.25. The van der Waals surface area contributed by atoms with Gasteiger partial charge >= 0.3 is 0 Å². The smallest absolute Gasteiger partial charge is 0.224 e. The summed E-state index contributed by atoms with van der Waals surface area (Å²) in [6.45, 7) is 5.94. The van der Waals surface area contributed by atoms with Crippen LogP contribution >= 0.6 is 0 Å². The molecule has 3 aliphatic rings. The minimum atomic E-state index is -0.0555. The van der Waals surface area contributed by atoms with Crippen LogP contribution in [-0.4, -0.2) is 48.9 Å². The lowest BCUT2D eigenvalue weighted by molar-refractivity contribution is -0.132. The number of amides is 2. The van der Waals surface area contributed by atoms with Crippen molar-refractivity contribution in [3.8, 4) is 0 Å². The third-order valence-corrected chi connectivity index (χ3v) is 5.97. The van der Waals surface area contributed by atoms with Gasteiger partial charge in [0, 0.05) is 31.5 Å². The van der Waals surface area contributed by atoms with Gasteiger partial charge in [-0.2, -0.15) is 0 Å². The molecule has 1 unspecified atom stereocenters. The molecule has 130 valence electrons. The highest BCUT2D eigenvalue weighted by Gasteiger charge is 2.32. The third-order valence-electron chi connectivity index (χ3n) is 5.97. The molecule has 0 aromatic heterocycles. The van der Waals surface area contributed by atoms with Crippen LogP contribution in [0.5, 0.6) is 0 Å². The summed E-state index contributed by atoms with van der Waals surface area (Å²) in [5, 5.41) is 6.52. The van der Waals surface area contributed by atoms with Crippen LogP contribution in [0, 0.1) is 17.8 Å². The van der Waals surface area contributed by atoms with Crippen LogP contribution in [0.4, 0.5) is 0 Å². The van der Waals surface area contributed by atoms with Gasteiger partial charge in [0.25, 0.3) is 0 Å². The number of rotatable bonds is 4. The summed E-state index contributed by atoms with van der Waals surface area (Å²) in [6.07, 6.45) is 7.02. The molecule has 3 rings (SSSR count). The molecule has 1 aliphatic carbocycles. The minimum Gasteiger partial charge on any atom is -0.353 e. The summed E-state index contributed by atoms with van der Waals surface area (Å²) < 4.78 is 0. The lowest BCUT2D eigenvalue weighted by Gasteiger charge is -2.24. The fourth-order valence-electron chi connectivity index (χ4n) is 4.46. The molecule has 0 bridgehead atoms. The fraction of sp³-hybridized carbons (Fsp3) is 0.889. The molecule has 1 saturated carbocycles. The van der Waals surface area contributed by atoms with E-state index in [1.165, 1.54) is 0 Å². The lowest BCUT2D eigenvalue weighted by Crippen LogP contribution is -2.41. The van der Waals surface area contributed by atoms with Crippen LogP contribution < -0.4 is 10.6 Å². The van der Waals surface area contributed by atoms with Crippen molar-refractivity contribution < 1.29 is 9.59 Å². The molecule has 3 atom stereocenters. The Hall–Kier alpha value is -1.10. The molecule has 23 heavy (non-hydrogen) atoms. The Morgan fingerprint density at radius 2 is 1.70 bits per heavy atom. The van der Waals surface area contributed by atoms with E-state index in [1.54, 1.807) is 0 Å². The summed E-state index contributed by atoms with van der Waals surface area (Å²) in [6, 6.07) is -0.0555. The van der Waals surface area contributed by atoms with Crippen LogP contribution in [-0.2, 0) is 9.59 Å². The number of hydrogen-bond donors (Lipinski definition) is 2. The average molecular weight is 321 g/mol. The summed E-state index contributed by atoms with van der Waals surface area (Å²) in [4.78, 5) is 26.7. The summed E-state index contributed by atoms with van der Waals surface area (Å²) in [5.41, 5.74) is 0. The number of carbonyl (C=O) groups excluding carboxylic acids is 2. The Balaban J connectivity index is 1.43. The predicted molar refractivity (Wildman–Crippen MR) is 89.8 cm³/mol. The topological polar surface area (TPSA) is 61.4 Å². The lowest BCUT2D eigenvalue weighted by atomic mass is 9.92. The number of fused-ring (bicyclic) bond motifs is 1. The van der Waals surface area contributed by atoms with E-state index in [-0.39, 0.29) is 23.8 Å². The zero-order valence-corrected chi connectivity index (χ0v) is 14.4. The number of hydrogen-bond acceptors (Lipinski definition) is 3. The molecule has 0 spiro atoms. The summed E-state index contributed by atoms with van der Waals surface area (Å²) in [7, 11) is 0. The first-order valence-corrected chi connectivity index (χ1v) is 9.42. The number of nitrogens with zero attached hydrogens (tertiary/aromatic N) is 1. The Morgan fingerprint density at radius 1 is 1.09 bits per heavy atom. The molecule has 2 amide bonds. The highest BCUT2D eigenvalue weighted by atomic mass is 16.2. The second-order valence-electron chi connectivity index (χ2n) is 7.73. The van der Waals surface area contributed by atoms with Gasteiger partial charge in [-0.15, -0.1) is 0 Å². The minimum absolute atomic E-state index is 0.0555. The average Bonchev–Trinajstić information content (AvgIpc) is 3.16. The summed E-state index contributed by atoms with van der Waals surface area (Å²) in [5.74, 6) is 2.02. The SMILES string of the molecule is CC(CC(=O)N1CC[C@@H]2CNC[C@@H]2CC1)NC(=O)C1CCCC1. The number of carbonyl (C=O) groups is 2. The van der Waals surface area contributed by atoms with E-state index in [0.29, 0.717) is 6.42 Å². The van der Waals surface area contributed by atoms with E-state index in [0.717, 1.165) is 76.5 Å². The van der Waals surface area contributed by atoms with Crippen LogP contribution in [0.3, 0.4) is 0 Å². The van der Waals surface area contributed by atoms with E-state index in [1.807, 2.05) is 11.8 Å². The van der Waals surface area contributed by atoms with Crippen molar-refractivity contribution in [3.05, 3.63) is 0 Å². The van der Waals surface area contributed by atoms with Gasteiger partial charge in [-0.3, -0.25) is 9.59 Å². The van der Waals surface area contributed by atoms with Gasteiger partial charge in [-0.1, -0.05) is 12.8 Å².